The largest absolute Gasteiger partial charge is 0.314 e. The average Bonchev–Trinajstić information content (AvgIpc) is 2.69. The number of rotatable bonds is 5. The molecule has 0 bridgehead atoms. The summed E-state index contributed by atoms with van der Waals surface area (Å²) in [5, 5.41) is 0.215. The predicted octanol–water partition coefficient (Wildman–Crippen LogP) is 8.29. The second kappa shape index (κ2) is 31.1. The first-order valence-corrected chi connectivity index (χ1v) is 26.8. The molecule has 1 N–H and O–H groups in total. The number of hydrogen-bond acceptors (Lipinski definition) is 5. The van der Waals surface area contributed by atoms with Crippen molar-refractivity contribution in [3.05, 3.63) is 0 Å². The Balaban J connectivity index is -0.0000000605. The van der Waals surface area contributed by atoms with Gasteiger partial charge in [-0.05, 0) is 106 Å². The summed E-state index contributed by atoms with van der Waals surface area (Å²) in [6.45, 7) is 33.0. The first-order chi connectivity index (χ1) is 19.5. The Morgan fingerprint density at radius 3 is 0.739 bits per heavy atom. The van der Waals surface area contributed by atoms with Crippen LogP contribution in [0.3, 0.4) is 0 Å². The van der Waals surface area contributed by atoms with Crippen LogP contribution >= 0.6 is 0 Å². The third-order valence-corrected chi connectivity index (χ3v) is 10.8. The van der Waals surface area contributed by atoms with E-state index in [-0.39, 0.29) is 10.00 Å². The molecule has 0 saturated heterocycles. The summed E-state index contributed by atoms with van der Waals surface area (Å²) in [5.41, 5.74) is 0.500. The van der Waals surface area contributed by atoms with Gasteiger partial charge in [0.15, 0.2) is 0 Å². The molecule has 0 radical (unpaired) electrons. The summed E-state index contributed by atoms with van der Waals surface area (Å²) in [7, 11) is -9.58. The molecule has 0 aromatic heterocycles. The van der Waals surface area contributed by atoms with Crippen molar-refractivity contribution in [2.45, 2.75) is 140 Å². The van der Waals surface area contributed by atoms with Crippen LogP contribution in [0, 0.1) is 11.3 Å². The molecule has 6 nitrogen and oxygen atoms in total. The Bertz CT molecular complexity index is 1170. The van der Waals surface area contributed by atoms with Crippen LogP contribution in [-0.2, 0) is 47.9 Å². The maximum Gasteiger partial charge on any atom is 0.0746 e. The summed E-state index contributed by atoms with van der Waals surface area (Å²) >= 11 is 0. The number of hydrogen-bond donors (Lipinski definition) is 1. The van der Waals surface area contributed by atoms with E-state index in [9.17, 15) is 21.0 Å². The Morgan fingerprint density at radius 2 is 0.739 bits per heavy atom. The van der Waals surface area contributed by atoms with Gasteiger partial charge in [-0.2, -0.15) is 0 Å². The Labute approximate surface area is 295 Å². The molecule has 0 heterocycles. The highest BCUT2D eigenvalue weighted by molar-refractivity contribution is 8.01. The molecular formula is C35H86O6S5. The maximum absolute atomic E-state index is 11.1. The second-order valence-corrected chi connectivity index (χ2v) is 29.4. The first kappa shape index (κ1) is 64.6. The molecule has 0 aromatic carbocycles. The molecule has 0 spiro atoms. The van der Waals surface area contributed by atoms with E-state index in [0.29, 0.717) is 16.9 Å². The molecule has 0 aromatic rings. The normalized spacial score (nSPS) is 15.8. The van der Waals surface area contributed by atoms with E-state index >= 15 is 0 Å². The Kier molecular flexibility index (Phi) is 43.6. The zero-order chi connectivity index (χ0) is 40.2. The lowest BCUT2D eigenvalue weighted by molar-refractivity contribution is 0.469. The van der Waals surface area contributed by atoms with E-state index in [0.717, 1.165) is 12.3 Å². The lowest BCUT2D eigenvalue weighted by Crippen LogP contribution is -2.25. The van der Waals surface area contributed by atoms with Crippen LogP contribution in [0.2, 0.25) is 0 Å². The molecule has 0 rings (SSSR count). The summed E-state index contributed by atoms with van der Waals surface area (Å²) in [5.74, 6) is 18.7. The fraction of sp³-hybridized carbons (Fsp3) is 0.857. The van der Waals surface area contributed by atoms with E-state index in [1.54, 1.807) is 31.3 Å². The van der Waals surface area contributed by atoms with E-state index in [4.69, 9.17) is 4.55 Å². The van der Waals surface area contributed by atoms with Gasteiger partial charge in [-0.25, -0.2) is 4.21 Å². The predicted molar refractivity (Wildman–Crippen MR) is 235 cm³/mol. The molecule has 0 saturated carbocycles. The van der Waals surface area contributed by atoms with E-state index in [2.05, 4.69) is 91.7 Å². The van der Waals surface area contributed by atoms with Crippen molar-refractivity contribution < 1.29 is 25.6 Å². The summed E-state index contributed by atoms with van der Waals surface area (Å²) < 4.78 is 60.9. The zero-order valence-electron chi connectivity index (χ0n) is 34.8. The zero-order valence-corrected chi connectivity index (χ0v) is 38.8. The van der Waals surface area contributed by atoms with Crippen LogP contribution < -0.4 is 0 Å². The molecule has 0 amide bonds. The first-order valence-electron chi connectivity index (χ1n) is 15.7. The van der Waals surface area contributed by atoms with Crippen molar-refractivity contribution in [1.29, 1.82) is 0 Å². The SMILES string of the molecule is C=S(=O)(O)CCC.C=S(C)(=O)C(C)(C)C.C=S(C)(=O)C(C)C.C=S(C)(=O)CC.C=S(C)(C)=O.CC(C)(C)C.CC(C)C.CCCC. The van der Waals surface area contributed by atoms with Crippen molar-refractivity contribution in [1.82, 2.24) is 0 Å². The van der Waals surface area contributed by atoms with Crippen LogP contribution in [0.25, 0.3) is 0 Å². The minimum atomic E-state index is -2.67. The smallest absolute Gasteiger partial charge is 0.0746 e. The van der Waals surface area contributed by atoms with Gasteiger partial charge in [0.05, 0.1) is 9.80 Å². The van der Waals surface area contributed by atoms with Gasteiger partial charge in [0.2, 0.25) is 0 Å². The van der Waals surface area contributed by atoms with Crippen LogP contribution in [0.1, 0.15) is 130 Å². The molecule has 0 aliphatic rings. The minimum Gasteiger partial charge on any atom is -0.314 e. The Hall–Kier alpha value is 0.0600. The molecule has 0 aliphatic heterocycles. The van der Waals surface area contributed by atoms with Gasteiger partial charge in [0, 0.05) is 52.8 Å². The summed E-state index contributed by atoms with van der Waals surface area (Å²) in [6.07, 6.45) is 11.6. The van der Waals surface area contributed by atoms with Crippen LogP contribution in [0.4, 0.5) is 0 Å². The van der Waals surface area contributed by atoms with Crippen molar-refractivity contribution in [2.24, 2.45) is 11.3 Å². The summed E-state index contributed by atoms with van der Waals surface area (Å²) in [4.78, 5) is 0. The van der Waals surface area contributed by atoms with Gasteiger partial charge >= 0.3 is 0 Å². The van der Waals surface area contributed by atoms with Gasteiger partial charge in [-0.3, -0.25) is 16.8 Å². The molecule has 4 atom stereocenters. The molecular weight excluding hydrogens is 677 g/mol. The van der Waals surface area contributed by atoms with Crippen LogP contribution in [0.5, 0.6) is 0 Å². The van der Waals surface area contributed by atoms with E-state index in [1.165, 1.54) is 12.8 Å². The lowest BCUT2D eigenvalue weighted by Gasteiger charge is -2.19. The quantitative estimate of drug-likeness (QED) is 0.283. The van der Waals surface area contributed by atoms with Crippen molar-refractivity contribution >= 4 is 77.2 Å². The van der Waals surface area contributed by atoms with Crippen molar-refractivity contribution in [2.75, 3.05) is 42.8 Å². The average molecular weight is 763 g/mol. The molecule has 4 unspecified atom stereocenters. The monoisotopic (exact) mass is 763 g/mol. The highest BCUT2D eigenvalue weighted by Crippen LogP contribution is 2.12. The summed E-state index contributed by atoms with van der Waals surface area (Å²) in [6, 6.07) is 0. The van der Waals surface area contributed by atoms with E-state index in [1.807, 2.05) is 48.5 Å². The molecule has 11 heteroatoms. The highest BCUT2D eigenvalue weighted by Gasteiger charge is 2.16. The van der Waals surface area contributed by atoms with Crippen molar-refractivity contribution in [3.8, 4) is 0 Å². The van der Waals surface area contributed by atoms with Crippen molar-refractivity contribution in [3.63, 3.8) is 0 Å². The van der Waals surface area contributed by atoms with Crippen LogP contribution in [0.15, 0.2) is 0 Å². The van der Waals surface area contributed by atoms with E-state index < -0.39 is 47.9 Å². The third-order valence-electron chi connectivity index (χ3n) is 3.93. The van der Waals surface area contributed by atoms with Gasteiger partial charge in [-0.15, -0.1) is 0 Å². The maximum atomic E-state index is 11.1. The van der Waals surface area contributed by atoms with Gasteiger partial charge in [0.1, 0.15) is 0 Å². The van der Waals surface area contributed by atoms with Gasteiger partial charge in [0.25, 0.3) is 0 Å². The van der Waals surface area contributed by atoms with Gasteiger partial charge < -0.3 is 4.55 Å². The topological polar surface area (TPSA) is 106 Å². The second-order valence-electron chi connectivity index (χ2n) is 15.4. The standard InChI is InChI=1S/C6H14OS.C5H12OS.C5H12.C4H10O2S.C4H10OS.2C4H10.C3H8OS/c1-6(2,3)8(4,5)7;1-5(2)7(3,4)6;1-5(2,3)4;1-3-4-7(2,5)6;1-4-6(2,3)5;1-4(2)3;1-3-4-2;1-5(2,3)4/h4H2,1-3,5H3;5H,3H2,1-2,4H3;1-4H3;2-4H2,1H3,(H,5,6);2,4H2,1,3H3;4H,1-3H3;3-4H2,1-2H3;1H2,2-3H3. The lowest BCUT2D eigenvalue weighted by atomic mass is 10.0. The van der Waals surface area contributed by atoms with Crippen LogP contribution in [-0.4, -0.2) is 108 Å². The molecule has 0 aliphatic carbocycles. The molecule has 46 heavy (non-hydrogen) atoms. The molecule has 292 valence electrons. The minimum absolute atomic E-state index is 0.146. The van der Waals surface area contributed by atoms with Gasteiger partial charge in [-0.1, -0.05) is 103 Å². The molecule has 0 fully saturated rings. The third kappa shape index (κ3) is 154. The fourth-order valence-electron chi connectivity index (χ4n) is 0.319. The number of unbranched alkanes of at least 4 members (excludes halogenated alkanes) is 1. The Morgan fingerprint density at radius 1 is 0.587 bits per heavy atom. The fourth-order valence-corrected chi connectivity index (χ4v) is 0.957. The highest BCUT2D eigenvalue weighted by atomic mass is 32.2.